The predicted molar refractivity (Wildman–Crippen MR) is 89.6 cm³/mol. The topological polar surface area (TPSA) is 81.5 Å². The third-order valence-corrected chi connectivity index (χ3v) is 4.21. The van der Waals surface area contributed by atoms with Crippen molar-refractivity contribution in [3.05, 3.63) is 68.2 Å². The molecule has 0 spiro atoms. The molecule has 1 amide bonds. The lowest BCUT2D eigenvalue weighted by Crippen LogP contribution is -2.32. The van der Waals surface area contributed by atoms with Gasteiger partial charge >= 0.3 is 0 Å². The molecule has 0 radical (unpaired) electrons. The van der Waals surface area contributed by atoms with Crippen molar-refractivity contribution in [3.63, 3.8) is 0 Å². The number of hydrogen-bond acceptors (Lipinski definition) is 4. The molecule has 0 fully saturated rings. The van der Waals surface area contributed by atoms with Gasteiger partial charge in [-0.25, -0.2) is 0 Å². The van der Waals surface area contributed by atoms with Gasteiger partial charge in [-0.2, -0.15) is 0 Å². The second-order valence-electron chi connectivity index (χ2n) is 5.60. The van der Waals surface area contributed by atoms with Crippen molar-refractivity contribution in [2.24, 2.45) is 0 Å². The van der Waals surface area contributed by atoms with Crippen molar-refractivity contribution in [1.82, 2.24) is 5.32 Å². The fraction of sp³-hybridized carbons (Fsp3) is 0.235. The molecule has 0 aliphatic carbocycles. The van der Waals surface area contributed by atoms with Crippen molar-refractivity contribution >= 4 is 23.2 Å². The molecule has 3 rings (SSSR count). The highest BCUT2D eigenvalue weighted by molar-refractivity contribution is 6.30. The number of nitro groups is 1. The van der Waals surface area contributed by atoms with Gasteiger partial charge in [-0.3, -0.25) is 14.9 Å². The minimum Gasteiger partial charge on any atom is -0.493 e. The number of nitrogens with zero attached hydrogens (tertiary/aromatic N) is 1. The van der Waals surface area contributed by atoms with Crippen molar-refractivity contribution in [3.8, 4) is 5.75 Å². The molecule has 1 atom stereocenters. The number of hydrogen-bond donors (Lipinski definition) is 1. The minimum absolute atomic E-state index is 0.00487. The molecule has 24 heavy (non-hydrogen) atoms. The smallest absolute Gasteiger partial charge is 0.272 e. The molecule has 1 aliphatic heterocycles. The number of aryl methyl sites for hydroxylation is 1. The van der Waals surface area contributed by atoms with E-state index in [2.05, 4.69) is 5.32 Å². The Morgan fingerprint density at radius 3 is 2.83 bits per heavy atom. The van der Waals surface area contributed by atoms with Crippen molar-refractivity contribution in [2.75, 3.05) is 6.61 Å². The second kappa shape index (κ2) is 6.49. The number of nitro benzene ring substituents is 1. The Hall–Kier alpha value is -2.60. The molecule has 6 nitrogen and oxygen atoms in total. The Kier molecular flexibility index (Phi) is 4.40. The number of rotatable bonds is 3. The van der Waals surface area contributed by atoms with Crippen molar-refractivity contribution < 1.29 is 14.5 Å². The average molecular weight is 347 g/mol. The summed E-state index contributed by atoms with van der Waals surface area (Å²) in [6, 6.07) is 9.41. The normalized spacial score (nSPS) is 16.0. The van der Waals surface area contributed by atoms with Crippen LogP contribution in [0.25, 0.3) is 0 Å². The molecule has 2 aromatic rings. The largest absolute Gasteiger partial charge is 0.493 e. The quantitative estimate of drug-likeness (QED) is 0.676. The van der Waals surface area contributed by atoms with E-state index in [0.29, 0.717) is 34.9 Å². The lowest BCUT2D eigenvalue weighted by Gasteiger charge is -2.27. The fourth-order valence-electron chi connectivity index (χ4n) is 2.76. The molecule has 0 bridgehead atoms. The number of ether oxygens (including phenoxy) is 1. The first-order chi connectivity index (χ1) is 11.5. The first-order valence-electron chi connectivity index (χ1n) is 7.44. The molecule has 7 heteroatoms. The highest BCUT2D eigenvalue weighted by Crippen LogP contribution is 2.34. The second-order valence-corrected chi connectivity index (χ2v) is 6.04. The third kappa shape index (κ3) is 3.19. The van der Waals surface area contributed by atoms with Crippen LogP contribution in [-0.4, -0.2) is 17.4 Å². The van der Waals surface area contributed by atoms with Crippen LogP contribution in [0.1, 0.15) is 33.9 Å². The van der Waals surface area contributed by atoms with Gasteiger partial charge in [0.1, 0.15) is 5.75 Å². The van der Waals surface area contributed by atoms with Crippen LogP contribution in [0.2, 0.25) is 5.02 Å². The van der Waals surface area contributed by atoms with Crippen LogP contribution in [0, 0.1) is 17.0 Å². The molecule has 0 saturated carbocycles. The van der Waals surface area contributed by atoms with E-state index < -0.39 is 4.92 Å². The van der Waals surface area contributed by atoms with Gasteiger partial charge in [0.15, 0.2) is 0 Å². The van der Waals surface area contributed by atoms with Gasteiger partial charge in [0, 0.05) is 34.2 Å². The van der Waals surface area contributed by atoms with Crippen molar-refractivity contribution in [2.45, 2.75) is 19.4 Å². The molecule has 1 heterocycles. The number of halogens is 1. The van der Waals surface area contributed by atoms with Gasteiger partial charge < -0.3 is 10.1 Å². The Balaban J connectivity index is 1.82. The van der Waals surface area contributed by atoms with E-state index in [9.17, 15) is 14.9 Å². The number of nitrogens with one attached hydrogen (secondary N) is 1. The number of benzene rings is 2. The number of carbonyl (C=O) groups is 1. The molecule has 2 aromatic carbocycles. The summed E-state index contributed by atoms with van der Waals surface area (Å²) in [5.41, 5.74) is 1.66. The number of carbonyl (C=O) groups excluding carboxylic acids is 1. The van der Waals surface area contributed by atoms with Gasteiger partial charge in [-0.05, 0) is 37.3 Å². The molecule has 0 saturated heterocycles. The van der Waals surface area contributed by atoms with Gasteiger partial charge in [0.2, 0.25) is 0 Å². The standard InChI is InChI=1S/C17H15ClN2O4/c1-10-8-11(2-4-15(10)20(22)23)17(21)19-14-6-7-24-16-5-3-12(18)9-13(14)16/h2-5,8-9,14H,6-7H2,1H3,(H,19,21). The highest BCUT2D eigenvalue weighted by Gasteiger charge is 2.24. The summed E-state index contributed by atoms with van der Waals surface area (Å²) in [4.78, 5) is 22.9. The molecule has 1 aliphatic rings. The van der Waals surface area contributed by atoms with Gasteiger partial charge in [0.25, 0.3) is 11.6 Å². The molecule has 0 aromatic heterocycles. The summed E-state index contributed by atoms with van der Waals surface area (Å²) in [7, 11) is 0. The Bertz CT molecular complexity index is 822. The van der Waals surface area contributed by atoms with Crippen LogP contribution >= 0.6 is 11.6 Å². The molecular weight excluding hydrogens is 332 g/mol. The van der Waals surface area contributed by atoms with E-state index in [4.69, 9.17) is 16.3 Å². The van der Waals surface area contributed by atoms with E-state index in [1.54, 1.807) is 25.1 Å². The molecule has 1 N–H and O–H groups in total. The maximum atomic E-state index is 12.5. The van der Waals surface area contributed by atoms with E-state index in [-0.39, 0.29) is 17.6 Å². The maximum absolute atomic E-state index is 12.5. The number of fused-ring (bicyclic) bond motifs is 1. The minimum atomic E-state index is -0.465. The summed E-state index contributed by atoms with van der Waals surface area (Å²) in [6.45, 7) is 2.11. The van der Waals surface area contributed by atoms with E-state index in [1.165, 1.54) is 18.2 Å². The Morgan fingerprint density at radius 2 is 2.12 bits per heavy atom. The van der Waals surface area contributed by atoms with E-state index in [0.717, 1.165) is 5.56 Å². The van der Waals surface area contributed by atoms with Crippen LogP contribution < -0.4 is 10.1 Å². The Labute approximate surface area is 143 Å². The highest BCUT2D eigenvalue weighted by atomic mass is 35.5. The zero-order valence-electron chi connectivity index (χ0n) is 12.9. The van der Waals surface area contributed by atoms with Crippen LogP contribution in [0.5, 0.6) is 5.75 Å². The predicted octanol–water partition coefficient (Wildman–Crippen LogP) is 3.81. The summed E-state index contributed by atoms with van der Waals surface area (Å²) in [6.07, 6.45) is 0.630. The van der Waals surface area contributed by atoms with Gasteiger partial charge in [-0.15, -0.1) is 0 Å². The molecule has 1 unspecified atom stereocenters. The van der Waals surface area contributed by atoms with E-state index in [1.807, 2.05) is 0 Å². The van der Waals surface area contributed by atoms with E-state index >= 15 is 0 Å². The monoisotopic (exact) mass is 346 g/mol. The molecular formula is C17H15ClN2O4. The van der Waals surface area contributed by atoms with Gasteiger partial charge in [0.05, 0.1) is 17.6 Å². The van der Waals surface area contributed by atoms with Crippen LogP contribution in [-0.2, 0) is 0 Å². The summed E-state index contributed by atoms with van der Waals surface area (Å²) >= 11 is 6.03. The lowest BCUT2D eigenvalue weighted by molar-refractivity contribution is -0.385. The zero-order chi connectivity index (χ0) is 17.3. The van der Waals surface area contributed by atoms with Crippen LogP contribution in [0.3, 0.4) is 0 Å². The Morgan fingerprint density at radius 1 is 1.33 bits per heavy atom. The van der Waals surface area contributed by atoms with Crippen LogP contribution in [0.15, 0.2) is 36.4 Å². The first kappa shape index (κ1) is 16.3. The summed E-state index contributed by atoms with van der Waals surface area (Å²) < 4.78 is 5.57. The fourth-order valence-corrected chi connectivity index (χ4v) is 2.94. The van der Waals surface area contributed by atoms with Crippen LogP contribution in [0.4, 0.5) is 5.69 Å². The molecule has 124 valence electrons. The first-order valence-corrected chi connectivity index (χ1v) is 7.81. The SMILES string of the molecule is Cc1cc(C(=O)NC2CCOc3ccc(Cl)cc32)ccc1[N+](=O)[O-]. The third-order valence-electron chi connectivity index (χ3n) is 3.97. The maximum Gasteiger partial charge on any atom is 0.272 e. The lowest BCUT2D eigenvalue weighted by atomic mass is 10.00. The summed E-state index contributed by atoms with van der Waals surface area (Å²) in [5, 5.41) is 14.4. The average Bonchev–Trinajstić information content (AvgIpc) is 2.55. The number of amides is 1. The summed E-state index contributed by atoms with van der Waals surface area (Å²) in [5.74, 6) is 0.418. The van der Waals surface area contributed by atoms with Gasteiger partial charge in [-0.1, -0.05) is 11.6 Å². The van der Waals surface area contributed by atoms with Crippen molar-refractivity contribution in [1.29, 1.82) is 0 Å². The zero-order valence-corrected chi connectivity index (χ0v) is 13.7.